The molecule has 2 heterocycles. The molecule has 3 aromatic rings. The van der Waals surface area contributed by atoms with Crippen LogP contribution in [0.15, 0.2) is 35.5 Å². The van der Waals surface area contributed by atoms with E-state index in [2.05, 4.69) is 19.2 Å². The Labute approximate surface area is 207 Å². The summed E-state index contributed by atoms with van der Waals surface area (Å²) in [6, 6.07) is 6.69. The molecule has 1 atom stereocenters. The molecule has 0 spiro atoms. The second-order valence-electron chi connectivity index (χ2n) is 7.90. The maximum absolute atomic E-state index is 14.3. The summed E-state index contributed by atoms with van der Waals surface area (Å²) in [6.07, 6.45) is -3.92. The van der Waals surface area contributed by atoms with E-state index < -0.39 is 18.2 Å². The number of nitrogens with one attached hydrogen (secondary N) is 1. The van der Waals surface area contributed by atoms with Crippen LogP contribution in [0.1, 0.15) is 54.6 Å². The number of carbonyl (C=O) groups excluding carboxylic acids is 1. The number of alkyl halides is 3. The lowest BCUT2D eigenvalue weighted by Gasteiger charge is -2.29. The van der Waals surface area contributed by atoms with Gasteiger partial charge < -0.3 is 10.2 Å². The molecule has 0 aliphatic carbocycles. The smallest absolute Gasteiger partial charge is 0.374 e. The van der Waals surface area contributed by atoms with E-state index in [4.69, 9.17) is 28.0 Å². The van der Waals surface area contributed by atoms with Gasteiger partial charge in [0.05, 0.1) is 29.4 Å². The fourth-order valence-corrected chi connectivity index (χ4v) is 4.97. The minimum atomic E-state index is -4.82. The Bertz CT molecular complexity index is 1260. The third kappa shape index (κ3) is 4.34. The molecule has 6 nitrogen and oxygen atoms in total. The zero-order valence-corrected chi connectivity index (χ0v) is 20.4. The van der Waals surface area contributed by atoms with Crippen molar-refractivity contribution in [1.29, 1.82) is 0 Å². The van der Waals surface area contributed by atoms with Crippen LogP contribution in [-0.4, -0.2) is 32.6 Å². The standard InChI is InChI=1S/C22H19Cl2F3N4O2S/c1-3-14(4-2)28-20(32)16-6-5-15(18-19(16)31-34-30-18)17-10-21(33-29-17,22(25,26)27)11-7-12(23)9-13(24)8-11/h5-9,14H,3-4,10H2,1-2H3,(H,28,32). The third-order valence-corrected chi connectivity index (χ3v) is 6.77. The van der Waals surface area contributed by atoms with Crippen molar-refractivity contribution in [2.45, 2.75) is 50.9 Å². The molecule has 1 amide bonds. The number of hydrogen-bond acceptors (Lipinski definition) is 6. The molecule has 0 saturated carbocycles. The number of nitrogens with zero attached hydrogens (tertiary/aromatic N) is 3. The van der Waals surface area contributed by atoms with E-state index >= 15 is 0 Å². The van der Waals surface area contributed by atoms with E-state index in [0.717, 1.165) is 36.7 Å². The molecule has 1 aliphatic heterocycles. The lowest BCUT2D eigenvalue weighted by Crippen LogP contribution is -2.42. The number of halogens is 5. The predicted molar refractivity (Wildman–Crippen MR) is 126 cm³/mol. The molecule has 1 aliphatic rings. The average molecular weight is 531 g/mol. The number of benzene rings is 2. The molecule has 1 N–H and O–H groups in total. The molecular formula is C22H19Cl2F3N4O2S. The highest BCUT2D eigenvalue weighted by atomic mass is 35.5. The zero-order chi connectivity index (χ0) is 24.7. The first kappa shape index (κ1) is 24.7. The van der Waals surface area contributed by atoms with Crippen LogP contribution in [0.4, 0.5) is 13.2 Å². The van der Waals surface area contributed by atoms with Gasteiger partial charge in [-0.05, 0) is 43.2 Å². The summed E-state index contributed by atoms with van der Waals surface area (Å²) >= 11 is 12.8. The van der Waals surface area contributed by atoms with E-state index in [-0.39, 0.29) is 38.8 Å². The van der Waals surface area contributed by atoms with E-state index in [9.17, 15) is 18.0 Å². The molecule has 12 heteroatoms. The van der Waals surface area contributed by atoms with Crippen molar-refractivity contribution in [2.24, 2.45) is 5.16 Å². The molecule has 4 rings (SSSR count). The highest BCUT2D eigenvalue weighted by Crippen LogP contribution is 2.50. The fraction of sp³-hybridized carbons (Fsp3) is 0.364. The minimum absolute atomic E-state index is 0.00153. The summed E-state index contributed by atoms with van der Waals surface area (Å²) in [5, 5.41) is 6.81. The lowest BCUT2D eigenvalue weighted by molar-refractivity contribution is -0.275. The van der Waals surface area contributed by atoms with Gasteiger partial charge in [0.1, 0.15) is 11.0 Å². The minimum Gasteiger partial charge on any atom is -0.374 e. The van der Waals surface area contributed by atoms with E-state index in [1.807, 2.05) is 13.8 Å². The van der Waals surface area contributed by atoms with Crippen molar-refractivity contribution < 1.29 is 22.8 Å². The summed E-state index contributed by atoms with van der Waals surface area (Å²) in [5.74, 6) is -0.319. The fourth-order valence-electron chi connectivity index (χ4n) is 3.87. The van der Waals surface area contributed by atoms with Crippen LogP contribution in [-0.2, 0) is 10.4 Å². The number of carbonyl (C=O) groups is 1. The quantitative estimate of drug-likeness (QED) is 0.394. The first-order valence-electron chi connectivity index (χ1n) is 10.4. The largest absolute Gasteiger partial charge is 0.435 e. The van der Waals surface area contributed by atoms with Crippen LogP contribution in [0, 0.1) is 0 Å². The third-order valence-electron chi connectivity index (χ3n) is 5.81. The van der Waals surface area contributed by atoms with E-state index in [1.165, 1.54) is 18.2 Å². The Morgan fingerprint density at radius 1 is 1.15 bits per heavy atom. The van der Waals surface area contributed by atoms with Crippen LogP contribution in [0.2, 0.25) is 10.0 Å². The molecule has 1 aromatic heterocycles. The first-order valence-corrected chi connectivity index (χ1v) is 11.9. The maximum Gasteiger partial charge on any atom is 0.435 e. The van der Waals surface area contributed by atoms with Gasteiger partial charge in [0.15, 0.2) is 0 Å². The SMILES string of the molecule is CCC(CC)NC(=O)c1ccc(C2=NOC(c3cc(Cl)cc(Cl)c3)(C(F)(F)F)C2)c2nsnc12. The van der Waals surface area contributed by atoms with Gasteiger partial charge in [-0.1, -0.05) is 42.2 Å². The predicted octanol–water partition coefficient (Wildman–Crippen LogP) is 6.50. The van der Waals surface area contributed by atoms with E-state index in [0.29, 0.717) is 16.6 Å². The number of oxime groups is 1. The van der Waals surface area contributed by atoms with Gasteiger partial charge >= 0.3 is 6.18 Å². The Morgan fingerprint density at radius 3 is 2.41 bits per heavy atom. The molecule has 0 bridgehead atoms. The Morgan fingerprint density at radius 2 is 1.79 bits per heavy atom. The maximum atomic E-state index is 14.3. The van der Waals surface area contributed by atoms with Crippen LogP contribution in [0.25, 0.3) is 11.0 Å². The van der Waals surface area contributed by atoms with Crippen LogP contribution < -0.4 is 5.32 Å². The summed E-state index contributed by atoms with van der Waals surface area (Å²) in [6.45, 7) is 3.94. The van der Waals surface area contributed by atoms with Crippen LogP contribution >= 0.6 is 34.9 Å². The van der Waals surface area contributed by atoms with Crippen molar-refractivity contribution in [1.82, 2.24) is 14.1 Å². The van der Waals surface area contributed by atoms with E-state index in [1.54, 1.807) is 0 Å². The van der Waals surface area contributed by atoms with Gasteiger partial charge in [-0.15, -0.1) is 0 Å². The van der Waals surface area contributed by atoms with Gasteiger partial charge in [-0.3, -0.25) is 4.79 Å². The number of fused-ring (bicyclic) bond motifs is 1. The second-order valence-corrected chi connectivity index (χ2v) is 9.30. The Balaban J connectivity index is 1.72. The summed E-state index contributed by atoms with van der Waals surface area (Å²) in [5.41, 5.74) is -1.82. The highest BCUT2D eigenvalue weighted by molar-refractivity contribution is 7.00. The molecule has 34 heavy (non-hydrogen) atoms. The molecular weight excluding hydrogens is 512 g/mol. The molecule has 0 radical (unpaired) electrons. The van der Waals surface area contributed by atoms with Gasteiger partial charge in [0.2, 0.25) is 0 Å². The zero-order valence-electron chi connectivity index (χ0n) is 18.0. The average Bonchev–Trinajstić information content (AvgIpc) is 3.44. The molecule has 2 aromatic carbocycles. The monoisotopic (exact) mass is 530 g/mol. The Hall–Kier alpha value is -2.43. The second kappa shape index (κ2) is 9.31. The number of rotatable bonds is 6. The molecule has 0 saturated heterocycles. The van der Waals surface area contributed by atoms with Gasteiger partial charge in [-0.2, -0.15) is 21.9 Å². The Kier molecular flexibility index (Phi) is 6.76. The van der Waals surface area contributed by atoms with Crippen molar-refractivity contribution in [3.8, 4) is 0 Å². The highest BCUT2D eigenvalue weighted by Gasteiger charge is 2.62. The molecule has 0 fully saturated rings. The van der Waals surface area contributed by atoms with Crippen molar-refractivity contribution in [3.63, 3.8) is 0 Å². The van der Waals surface area contributed by atoms with Crippen LogP contribution in [0.5, 0.6) is 0 Å². The van der Waals surface area contributed by atoms with Gasteiger partial charge in [-0.25, -0.2) is 0 Å². The number of hydrogen-bond donors (Lipinski definition) is 1. The topological polar surface area (TPSA) is 76.5 Å². The summed E-state index contributed by atoms with van der Waals surface area (Å²) < 4.78 is 51.4. The normalized spacial score (nSPS) is 18.3. The lowest BCUT2D eigenvalue weighted by atomic mass is 9.86. The number of aromatic nitrogens is 2. The molecule has 1 unspecified atom stereocenters. The number of amides is 1. The van der Waals surface area contributed by atoms with Gasteiger partial charge in [0, 0.05) is 27.2 Å². The summed E-state index contributed by atoms with van der Waals surface area (Å²) in [7, 11) is 0. The first-order chi connectivity index (χ1) is 16.1. The van der Waals surface area contributed by atoms with Crippen molar-refractivity contribution in [3.05, 3.63) is 57.1 Å². The molecule has 180 valence electrons. The van der Waals surface area contributed by atoms with Crippen molar-refractivity contribution >= 4 is 57.6 Å². The van der Waals surface area contributed by atoms with Crippen LogP contribution in [0.3, 0.4) is 0 Å². The van der Waals surface area contributed by atoms with Gasteiger partial charge in [0.25, 0.3) is 11.5 Å². The summed E-state index contributed by atoms with van der Waals surface area (Å²) in [4.78, 5) is 17.9. The van der Waals surface area contributed by atoms with Crippen molar-refractivity contribution in [2.75, 3.05) is 0 Å².